The first-order chi connectivity index (χ1) is 8.78. The van der Waals surface area contributed by atoms with Gasteiger partial charge in [-0.2, -0.15) is 4.98 Å². The topological polar surface area (TPSA) is 64.9 Å². The smallest absolute Gasteiger partial charge is 0.228 e. The van der Waals surface area contributed by atoms with Crippen molar-refractivity contribution >= 4 is 15.9 Å². The molecule has 0 bridgehead atoms. The van der Waals surface area contributed by atoms with Gasteiger partial charge in [0.1, 0.15) is 0 Å². The van der Waals surface area contributed by atoms with Gasteiger partial charge < -0.3 is 10.3 Å². The lowest BCUT2D eigenvalue weighted by atomic mass is 10.0. The number of rotatable bonds is 3. The molecule has 4 nitrogen and oxygen atoms in total. The molecule has 0 aliphatic carbocycles. The van der Waals surface area contributed by atoms with Crippen molar-refractivity contribution in [1.82, 2.24) is 10.1 Å². The van der Waals surface area contributed by atoms with E-state index in [4.69, 9.17) is 10.3 Å². The van der Waals surface area contributed by atoms with Crippen molar-refractivity contribution in [1.29, 1.82) is 0 Å². The van der Waals surface area contributed by atoms with E-state index in [2.05, 4.69) is 26.1 Å². The van der Waals surface area contributed by atoms with E-state index in [1.54, 1.807) is 0 Å². The Bertz CT molecular complexity index is 608. The highest BCUT2D eigenvalue weighted by atomic mass is 79.9. The van der Waals surface area contributed by atoms with Crippen molar-refractivity contribution in [3.05, 3.63) is 34.1 Å². The summed E-state index contributed by atoms with van der Waals surface area (Å²) in [5.74, 6) is -1.39. The lowest BCUT2D eigenvalue weighted by Gasteiger charge is -2.14. The van der Waals surface area contributed by atoms with Crippen LogP contribution in [0.15, 0.2) is 21.1 Å². The number of nitrogens with zero attached hydrogens (tertiary/aromatic N) is 2. The second-order valence-electron chi connectivity index (χ2n) is 4.90. The van der Waals surface area contributed by atoms with Crippen LogP contribution in [-0.4, -0.2) is 15.7 Å². The predicted molar refractivity (Wildman–Crippen MR) is 69.3 cm³/mol. The average Bonchev–Trinajstić information content (AvgIpc) is 2.72. The molecule has 0 aliphatic heterocycles. The minimum Gasteiger partial charge on any atom is -0.339 e. The van der Waals surface area contributed by atoms with Crippen LogP contribution in [0, 0.1) is 11.6 Å². The highest BCUT2D eigenvalue weighted by molar-refractivity contribution is 9.10. The zero-order chi connectivity index (χ0) is 14.2. The Morgan fingerprint density at radius 3 is 2.68 bits per heavy atom. The highest BCUT2D eigenvalue weighted by Gasteiger charge is 2.20. The third kappa shape index (κ3) is 3.16. The molecular weight excluding hydrogens is 320 g/mol. The molecule has 0 saturated carbocycles. The highest BCUT2D eigenvalue weighted by Crippen LogP contribution is 2.30. The van der Waals surface area contributed by atoms with Crippen molar-refractivity contribution in [3.63, 3.8) is 0 Å². The molecule has 0 fully saturated rings. The number of hydrogen-bond donors (Lipinski definition) is 1. The van der Waals surface area contributed by atoms with E-state index in [0.29, 0.717) is 17.9 Å². The van der Waals surface area contributed by atoms with Gasteiger partial charge in [-0.3, -0.25) is 0 Å². The van der Waals surface area contributed by atoms with Crippen LogP contribution < -0.4 is 5.73 Å². The van der Waals surface area contributed by atoms with Gasteiger partial charge in [0, 0.05) is 17.5 Å². The Morgan fingerprint density at radius 2 is 2.05 bits per heavy atom. The SMILES string of the molecule is CC(C)(N)Cc1nc(-c2ccc(F)c(F)c2Br)no1. The number of nitrogens with two attached hydrogens (primary N) is 1. The molecule has 2 aromatic rings. The first kappa shape index (κ1) is 14.1. The third-order valence-electron chi connectivity index (χ3n) is 2.35. The van der Waals surface area contributed by atoms with E-state index in [9.17, 15) is 8.78 Å². The van der Waals surface area contributed by atoms with Crippen LogP contribution in [0.2, 0.25) is 0 Å². The molecule has 1 heterocycles. The van der Waals surface area contributed by atoms with E-state index in [1.807, 2.05) is 13.8 Å². The lowest BCUT2D eigenvalue weighted by Crippen LogP contribution is -2.34. The second-order valence-corrected chi connectivity index (χ2v) is 5.69. The summed E-state index contributed by atoms with van der Waals surface area (Å²) in [5, 5.41) is 3.74. The van der Waals surface area contributed by atoms with Crippen LogP contribution in [-0.2, 0) is 6.42 Å². The van der Waals surface area contributed by atoms with Crippen LogP contribution in [0.3, 0.4) is 0 Å². The van der Waals surface area contributed by atoms with Gasteiger partial charge in [0.2, 0.25) is 11.7 Å². The molecule has 19 heavy (non-hydrogen) atoms. The van der Waals surface area contributed by atoms with E-state index >= 15 is 0 Å². The van der Waals surface area contributed by atoms with Crippen molar-refractivity contribution in [2.24, 2.45) is 5.73 Å². The Morgan fingerprint density at radius 1 is 1.37 bits per heavy atom. The van der Waals surface area contributed by atoms with Crippen LogP contribution in [0.25, 0.3) is 11.4 Å². The van der Waals surface area contributed by atoms with Crippen LogP contribution in [0.4, 0.5) is 8.78 Å². The maximum absolute atomic E-state index is 13.4. The molecule has 0 saturated heterocycles. The Hall–Kier alpha value is -1.34. The summed E-state index contributed by atoms with van der Waals surface area (Å²) in [7, 11) is 0. The standard InChI is InChI=1S/C12H12BrF2N3O/c1-12(2,16)5-8-17-11(18-19-8)6-3-4-7(14)10(15)9(6)13/h3-4H,5,16H2,1-2H3. The molecule has 0 amide bonds. The molecule has 7 heteroatoms. The molecule has 0 atom stereocenters. The molecular formula is C12H12BrF2N3O. The van der Waals surface area contributed by atoms with Crippen molar-refractivity contribution in [2.45, 2.75) is 25.8 Å². The van der Waals surface area contributed by atoms with Gasteiger partial charge in [0.05, 0.1) is 4.47 Å². The normalized spacial score (nSPS) is 11.9. The summed E-state index contributed by atoms with van der Waals surface area (Å²) < 4.78 is 31.5. The Kier molecular flexibility index (Phi) is 3.69. The summed E-state index contributed by atoms with van der Waals surface area (Å²) in [5.41, 5.74) is 5.67. The molecule has 1 aromatic heterocycles. The molecule has 1 aromatic carbocycles. The zero-order valence-electron chi connectivity index (χ0n) is 10.4. The summed E-state index contributed by atoms with van der Waals surface area (Å²) >= 11 is 2.98. The molecule has 2 rings (SSSR count). The van der Waals surface area contributed by atoms with Gasteiger partial charge in [-0.1, -0.05) is 5.16 Å². The van der Waals surface area contributed by atoms with E-state index in [-0.39, 0.29) is 10.3 Å². The van der Waals surface area contributed by atoms with Gasteiger partial charge in [-0.05, 0) is 41.9 Å². The van der Waals surface area contributed by atoms with E-state index < -0.39 is 17.2 Å². The fourth-order valence-electron chi connectivity index (χ4n) is 1.52. The lowest BCUT2D eigenvalue weighted by molar-refractivity contribution is 0.348. The molecule has 102 valence electrons. The van der Waals surface area contributed by atoms with Gasteiger partial charge in [-0.15, -0.1) is 0 Å². The maximum atomic E-state index is 13.4. The van der Waals surface area contributed by atoms with E-state index in [1.165, 1.54) is 6.07 Å². The number of benzene rings is 1. The fourth-order valence-corrected chi connectivity index (χ4v) is 2.02. The molecule has 0 spiro atoms. The average molecular weight is 332 g/mol. The molecule has 0 aliphatic rings. The monoisotopic (exact) mass is 331 g/mol. The van der Waals surface area contributed by atoms with Crippen molar-refractivity contribution in [3.8, 4) is 11.4 Å². The van der Waals surface area contributed by atoms with Crippen LogP contribution in [0.1, 0.15) is 19.7 Å². The van der Waals surface area contributed by atoms with Crippen molar-refractivity contribution < 1.29 is 13.3 Å². The quantitative estimate of drug-likeness (QED) is 0.878. The fraction of sp³-hybridized carbons (Fsp3) is 0.333. The number of halogens is 3. The molecule has 2 N–H and O–H groups in total. The third-order valence-corrected chi connectivity index (χ3v) is 3.13. The Balaban J connectivity index is 2.36. The number of aromatic nitrogens is 2. The Labute approximate surface area is 117 Å². The maximum Gasteiger partial charge on any atom is 0.228 e. The first-order valence-electron chi connectivity index (χ1n) is 5.53. The first-order valence-corrected chi connectivity index (χ1v) is 6.32. The van der Waals surface area contributed by atoms with Crippen LogP contribution in [0.5, 0.6) is 0 Å². The van der Waals surface area contributed by atoms with Gasteiger partial charge in [0.15, 0.2) is 11.6 Å². The molecule has 0 radical (unpaired) electrons. The van der Waals surface area contributed by atoms with E-state index in [0.717, 1.165) is 6.07 Å². The predicted octanol–water partition coefficient (Wildman–Crippen LogP) is 3.06. The van der Waals surface area contributed by atoms with Gasteiger partial charge in [0.25, 0.3) is 0 Å². The van der Waals surface area contributed by atoms with Crippen LogP contribution >= 0.6 is 15.9 Å². The summed E-state index contributed by atoms with van der Waals surface area (Å²) in [4.78, 5) is 4.12. The summed E-state index contributed by atoms with van der Waals surface area (Å²) in [6.45, 7) is 3.65. The zero-order valence-corrected chi connectivity index (χ0v) is 12.0. The summed E-state index contributed by atoms with van der Waals surface area (Å²) in [6.07, 6.45) is 0.390. The van der Waals surface area contributed by atoms with Gasteiger partial charge >= 0.3 is 0 Å². The minimum atomic E-state index is -0.983. The largest absolute Gasteiger partial charge is 0.339 e. The number of hydrogen-bond acceptors (Lipinski definition) is 4. The minimum absolute atomic E-state index is 0.0353. The molecule has 0 unspecified atom stereocenters. The van der Waals surface area contributed by atoms with Crippen molar-refractivity contribution in [2.75, 3.05) is 0 Å². The second kappa shape index (κ2) is 4.97. The van der Waals surface area contributed by atoms with Gasteiger partial charge in [-0.25, -0.2) is 8.78 Å². The summed E-state index contributed by atoms with van der Waals surface area (Å²) in [6, 6.07) is 2.39.